The van der Waals surface area contributed by atoms with Crippen LogP contribution in [0.25, 0.3) is 0 Å². The van der Waals surface area contributed by atoms with Crippen molar-refractivity contribution in [2.45, 2.75) is 25.9 Å². The van der Waals surface area contributed by atoms with Crippen molar-refractivity contribution in [2.24, 2.45) is 11.4 Å². The van der Waals surface area contributed by atoms with E-state index in [1.54, 1.807) is 0 Å². The fourth-order valence-electron chi connectivity index (χ4n) is 0.846. The van der Waals surface area contributed by atoms with Gasteiger partial charge in [-0.25, -0.2) is 0 Å². The summed E-state index contributed by atoms with van der Waals surface area (Å²) in [5.74, 6) is 1.72. The summed E-state index contributed by atoms with van der Waals surface area (Å²) in [4.78, 5) is 0. The molecule has 0 aliphatic heterocycles. The van der Waals surface area contributed by atoms with Gasteiger partial charge in [-0.1, -0.05) is 13.8 Å². The molecule has 10 heavy (non-hydrogen) atoms. The Bertz CT molecular complexity index is 87.7. The molecule has 0 amide bonds. The third kappa shape index (κ3) is 3.80. The highest BCUT2D eigenvalue weighted by Gasteiger charge is 2.14. The van der Waals surface area contributed by atoms with Crippen molar-refractivity contribution in [1.82, 2.24) is 0 Å². The van der Waals surface area contributed by atoms with Crippen molar-refractivity contribution in [3.05, 3.63) is 0 Å². The summed E-state index contributed by atoms with van der Waals surface area (Å²) < 4.78 is 0. The highest BCUT2D eigenvalue weighted by molar-refractivity contribution is 7.80. The Morgan fingerprint density at radius 2 is 2.00 bits per heavy atom. The molecule has 62 valence electrons. The van der Waals surface area contributed by atoms with Gasteiger partial charge in [-0.3, -0.25) is 0 Å². The first-order valence-electron chi connectivity index (χ1n) is 3.68. The molecule has 0 saturated carbocycles. The Morgan fingerprint density at radius 3 is 2.30 bits per heavy atom. The Balaban J connectivity index is 3.58. The van der Waals surface area contributed by atoms with E-state index >= 15 is 0 Å². The first-order valence-corrected chi connectivity index (χ1v) is 6.24. The summed E-state index contributed by atoms with van der Waals surface area (Å²) in [7, 11) is -0.247. The highest BCUT2D eigenvalue weighted by Crippen LogP contribution is 2.33. The van der Waals surface area contributed by atoms with Gasteiger partial charge < -0.3 is 5.50 Å². The maximum atomic E-state index is 5.81. The molecule has 0 bridgehead atoms. The van der Waals surface area contributed by atoms with E-state index in [-0.39, 0.29) is 8.07 Å². The zero-order valence-electron chi connectivity index (χ0n) is 7.04. The van der Waals surface area contributed by atoms with Gasteiger partial charge in [-0.05, 0) is 38.5 Å². The minimum atomic E-state index is -0.247. The van der Waals surface area contributed by atoms with Crippen molar-refractivity contribution in [3.63, 3.8) is 0 Å². The predicted octanol–water partition coefficient (Wildman–Crippen LogP) is 2.32. The molecule has 2 N–H and O–H groups in total. The van der Waals surface area contributed by atoms with Crippen molar-refractivity contribution >= 4 is 20.7 Å². The molecule has 0 spiro atoms. The summed E-state index contributed by atoms with van der Waals surface area (Å²) in [5, 5.41) is 0. The molecule has 0 aromatic carbocycles. The van der Waals surface area contributed by atoms with E-state index in [0.717, 1.165) is 11.7 Å². The Morgan fingerprint density at radius 1 is 1.50 bits per heavy atom. The maximum absolute atomic E-state index is 5.81. The average Bonchev–Trinajstić information content (AvgIpc) is 1.87. The van der Waals surface area contributed by atoms with E-state index in [9.17, 15) is 0 Å². The van der Waals surface area contributed by atoms with Gasteiger partial charge in [0.2, 0.25) is 0 Å². The molecule has 0 heterocycles. The topological polar surface area (TPSA) is 26.0 Å². The summed E-state index contributed by atoms with van der Waals surface area (Å²) in [6.07, 6.45) is 1.19. The Hall–Kier alpha value is 0.740. The number of hydrogen-bond donors (Lipinski definition) is 2. The van der Waals surface area contributed by atoms with Gasteiger partial charge in [0, 0.05) is 0 Å². The first-order chi connectivity index (χ1) is 4.59. The van der Waals surface area contributed by atoms with Crippen molar-refractivity contribution < 1.29 is 0 Å². The molecule has 0 aromatic rings. The van der Waals surface area contributed by atoms with E-state index in [2.05, 4.69) is 33.1 Å². The molecule has 1 nitrogen and oxygen atoms in total. The molecule has 0 aliphatic carbocycles. The molecule has 0 aromatic heterocycles. The highest BCUT2D eigenvalue weighted by atomic mass is 32.1. The standard InChI is InChI=1S/C7H18NPS/c1-6(4-5-10)7(2)9(3)8/h6-7,10H,4-5,8H2,1-3H3. The van der Waals surface area contributed by atoms with Crippen LogP contribution in [0.5, 0.6) is 0 Å². The zero-order valence-corrected chi connectivity index (χ0v) is 8.83. The molecule has 3 unspecified atom stereocenters. The molecule has 0 fully saturated rings. The summed E-state index contributed by atoms with van der Waals surface area (Å²) in [6.45, 7) is 6.63. The van der Waals surface area contributed by atoms with E-state index in [0.29, 0.717) is 5.66 Å². The van der Waals surface area contributed by atoms with Crippen molar-refractivity contribution in [1.29, 1.82) is 0 Å². The van der Waals surface area contributed by atoms with Crippen LogP contribution in [0.4, 0.5) is 0 Å². The van der Waals surface area contributed by atoms with Gasteiger partial charge in [-0.2, -0.15) is 12.6 Å². The lowest BCUT2D eigenvalue weighted by molar-refractivity contribution is 0.557. The van der Waals surface area contributed by atoms with Crippen LogP contribution in [-0.4, -0.2) is 18.1 Å². The van der Waals surface area contributed by atoms with Crippen LogP contribution in [0.2, 0.25) is 0 Å². The van der Waals surface area contributed by atoms with Crippen LogP contribution in [0.3, 0.4) is 0 Å². The fourth-order valence-corrected chi connectivity index (χ4v) is 2.21. The summed E-state index contributed by atoms with van der Waals surface area (Å²) >= 11 is 4.19. The second kappa shape index (κ2) is 5.40. The zero-order chi connectivity index (χ0) is 8.15. The van der Waals surface area contributed by atoms with Gasteiger partial charge in [0.05, 0.1) is 0 Å². The lowest BCUT2D eigenvalue weighted by atomic mass is 10.1. The SMILES string of the molecule is CC(CCS)C(C)P(C)N. The van der Waals surface area contributed by atoms with Gasteiger partial charge in [0.25, 0.3) is 0 Å². The average molecular weight is 179 g/mol. The largest absolute Gasteiger partial charge is 0.310 e. The number of hydrogen-bond acceptors (Lipinski definition) is 2. The third-order valence-electron chi connectivity index (χ3n) is 2.05. The van der Waals surface area contributed by atoms with Crippen LogP contribution in [0.15, 0.2) is 0 Å². The van der Waals surface area contributed by atoms with Crippen LogP contribution in [0.1, 0.15) is 20.3 Å². The molecule has 0 saturated heterocycles. The predicted molar refractivity (Wildman–Crippen MR) is 54.1 cm³/mol. The summed E-state index contributed by atoms with van der Waals surface area (Å²) in [5.41, 5.74) is 6.49. The molecular formula is C7H18NPS. The normalized spacial score (nSPS) is 20.1. The van der Waals surface area contributed by atoms with Crippen molar-refractivity contribution in [2.75, 3.05) is 12.4 Å². The van der Waals surface area contributed by atoms with E-state index in [1.807, 2.05) is 0 Å². The molecule has 0 radical (unpaired) electrons. The van der Waals surface area contributed by atoms with Crippen molar-refractivity contribution in [3.8, 4) is 0 Å². The summed E-state index contributed by atoms with van der Waals surface area (Å²) in [6, 6.07) is 0. The first kappa shape index (κ1) is 10.7. The quantitative estimate of drug-likeness (QED) is 0.502. The lowest BCUT2D eigenvalue weighted by Gasteiger charge is -2.22. The fraction of sp³-hybridized carbons (Fsp3) is 1.00. The number of thiol groups is 1. The van der Waals surface area contributed by atoms with Crippen LogP contribution in [-0.2, 0) is 0 Å². The second-order valence-corrected chi connectivity index (χ2v) is 5.49. The Kier molecular flexibility index (Phi) is 5.80. The number of nitrogens with two attached hydrogens (primary N) is 1. The van der Waals surface area contributed by atoms with Crippen LogP contribution in [0, 0.1) is 5.92 Å². The monoisotopic (exact) mass is 179 g/mol. The molecule has 0 aliphatic rings. The minimum Gasteiger partial charge on any atom is -0.310 e. The minimum absolute atomic E-state index is 0.247. The third-order valence-corrected chi connectivity index (χ3v) is 4.10. The van der Waals surface area contributed by atoms with Crippen LogP contribution < -0.4 is 5.50 Å². The molecule has 3 atom stereocenters. The van der Waals surface area contributed by atoms with E-state index in [4.69, 9.17) is 5.50 Å². The molecule has 3 heteroatoms. The lowest BCUT2D eigenvalue weighted by Crippen LogP contribution is -2.15. The van der Waals surface area contributed by atoms with Gasteiger partial charge in [0.1, 0.15) is 0 Å². The smallest absolute Gasteiger partial charge is 0.00853 e. The van der Waals surface area contributed by atoms with E-state index in [1.165, 1.54) is 6.42 Å². The maximum Gasteiger partial charge on any atom is -0.00853 e. The Labute approximate surface area is 71.0 Å². The second-order valence-electron chi connectivity index (χ2n) is 2.90. The van der Waals surface area contributed by atoms with Gasteiger partial charge in [-0.15, -0.1) is 0 Å². The number of rotatable bonds is 4. The molecule has 0 rings (SSSR count). The van der Waals surface area contributed by atoms with Crippen LogP contribution >= 0.6 is 20.7 Å². The van der Waals surface area contributed by atoms with Gasteiger partial charge in [0.15, 0.2) is 0 Å². The van der Waals surface area contributed by atoms with E-state index < -0.39 is 0 Å². The van der Waals surface area contributed by atoms with Gasteiger partial charge >= 0.3 is 0 Å². The molecular weight excluding hydrogens is 161 g/mol.